The van der Waals surface area contributed by atoms with Crippen LogP contribution in [0.5, 0.6) is 0 Å². The van der Waals surface area contributed by atoms with Crippen LogP contribution in [0.1, 0.15) is 80.1 Å². The second-order valence-electron chi connectivity index (χ2n) is 9.89. The molecule has 0 aromatic rings. The molecule has 1 rings (SSSR count). The highest BCUT2D eigenvalue weighted by atomic mass is 16.5. The van der Waals surface area contributed by atoms with E-state index in [0.29, 0.717) is 24.7 Å². The molecular weight excluding hydrogens is 392 g/mol. The summed E-state index contributed by atoms with van der Waals surface area (Å²) in [5, 5.41) is 0. The summed E-state index contributed by atoms with van der Waals surface area (Å²) in [7, 11) is 5.28. The molecule has 2 amide bonds. The number of carbonyl (C=O) groups is 2. The number of likely N-dealkylation sites (N-methyl/N-ethyl adjacent to an activating group) is 1. The van der Waals surface area contributed by atoms with Gasteiger partial charge in [0.25, 0.3) is 0 Å². The van der Waals surface area contributed by atoms with E-state index in [1.165, 1.54) is 0 Å². The number of amides is 2. The van der Waals surface area contributed by atoms with Gasteiger partial charge in [0.2, 0.25) is 11.8 Å². The van der Waals surface area contributed by atoms with Crippen LogP contribution in [0.2, 0.25) is 0 Å². The highest BCUT2D eigenvalue weighted by molar-refractivity contribution is 5.78. The van der Waals surface area contributed by atoms with Gasteiger partial charge in [-0.15, -0.1) is 0 Å². The molecule has 0 aromatic carbocycles. The number of carbonyl (C=O) groups excluding carboxylic acids is 2. The molecule has 0 saturated carbocycles. The van der Waals surface area contributed by atoms with E-state index in [1.54, 1.807) is 14.2 Å². The smallest absolute Gasteiger partial charge is 0.225 e. The van der Waals surface area contributed by atoms with Crippen molar-refractivity contribution < 1.29 is 19.1 Å². The predicted molar refractivity (Wildman–Crippen MR) is 126 cm³/mol. The zero-order valence-corrected chi connectivity index (χ0v) is 21.5. The molecule has 4 atom stereocenters. The van der Waals surface area contributed by atoms with Crippen LogP contribution in [0, 0.1) is 17.8 Å². The molecular formula is C25H48N2O4. The SMILES string of the molecule is CCC(CC)[C@@H]([C@@H](CC(=O)N1CCC[C@H]1[C@H](OC)C(C)C)OC)N(C)C(=O)CC(C)C. The summed E-state index contributed by atoms with van der Waals surface area (Å²) in [5.74, 6) is 1.17. The maximum atomic E-state index is 13.4. The van der Waals surface area contributed by atoms with Crippen LogP contribution in [0.4, 0.5) is 0 Å². The van der Waals surface area contributed by atoms with E-state index in [2.05, 4.69) is 41.5 Å². The number of rotatable bonds is 13. The fourth-order valence-electron chi connectivity index (χ4n) is 5.25. The minimum Gasteiger partial charge on any atom is -0.379 e. The molecule has 0 bridgehead atoms. The van der Waals surface area contributed by atoms with E-state index >= 15 is 0 Å². The number of likely N-dealkylation sites (tertiary alicyclic amines) is 1. The quantitative estimate of drug-likeness (QED) is 0.427. The average Bonchev–Trinajstić information content (AvgIpc) is 3.19. The Bertz CT molecular complexity index is 548. The molecule has 1 heterocycles. The Morgan fingerprint density at radius 1 is 1.03 bits per heavy atom. The first kappa shape index (κ1) is 27.9. The van der Waals surface area contributed by atoms with Crippen molar-refractivity contribution in [1.82, 2.24) is 9.80 Å². The third kappa shape index (κ3) is 7.45. The van der Waals surface area contributed by atoms with Gasteiger partial charge in [-0.3, -0.25) is 9.59 Å². The first-order valence-electron chi connectivity index (χ1n) is 12.2. The Labute approximate surface area is 191 Å². The lowest BCUT2D eigenvalue weighted by Gasteiger charge is -2.40. The summed E-state index contributed by atoms with van der Waals surface area (Å²) < 4.78 is 11.7. The fraction of sp³-hybridized carbons (Fsp3) is 0.920. The number of nitrogens with zero attached hydrogens (tertiary/aromatic N) is 2. The van der Waals surface area contributed by atoms with Gasteiger partial charge in [0.1, 0.15) is 0 Å². The van der Waals surface area contributed by atoms with Crippen molar-refractivity contribution in [1.29, 1.82) is 0 Å². The Hall–Kier alpha value is -1.14. The zero-order chi connectivity index (χ0) is 23.7. The van der Waals surface area contributed by atoms with Crippen LogP contribution in [-0.4, -0.2) is 73.7 Å². The van der Waals surface area contributed by atoms with E-state index in [9.17, 15) is 9.59 Å². The maximum absolute atomic E-state index is 13.4. The van der Waals surface area contributed by atoms with Gasteiger partial charge in [0.05, 0.1) is 30.7 Å². The Morgan fingerprint density at radius 3 is 2.10 bits per heavy atom. The second kappa shape index (κ2) is 13.4. The minimum absolute atomic E-state index is 0.0394. The lowest BCUT2D eigenvalue weighted by Crippen LogP contribution is -2.52. The second-order valence-corrected chi connectivity index (χ2v) is 9.89. The van der Waals surface area contributed by atoms with Gasteiger partial charge in [-0.2, -0.15) is 0 Å². The molecule has 1 fully saturated rings. The molecule has 0 aromatic heterocycles. The number of methoxy groups -OCH3 is 2. The van der Waals surface area contributed by atoms with Gasteiger partial charge >= 0.3 is 0 Å². The summed E-state index contributed by atoms with van der Waals surface area (Å²) in [5.41, 5.74) is 0. The largest absolute Gasteiger partial charge is 0.379 e. The van der Waals surface area contributed by atoms with Gasteiger partial charge in [0, 0.05) is 34.2 Å². The van der Waals surface area contributed by atoms with Crippen molar-refractivity contribution in [2.75, 3.05) is 27.8 Å². The molecule has 6 nitrogen and oxygen atoms in total. The Morgan fingerprint density at radius 2 is 1.65 bits per heavy atom. The predicted octanol–water partition coefficient (Wildman–Crippen LogP) is 4.36. The van der Waals surface area contributed by atoms with Crippen molar-refractivity contribution >= 4 is 11.8 Å². The zero-order valence-electron chi connectivity index (χ0n) is 21.5. The van der Waals surface area contributed by atoms with Crippen LogP contribution >= 0.6 is 0 Å². The number of hydrogen-bond donors (Lipinski definition) is 0. The summed E-state index contributed by atoms with van der Waals surface area (Å²) in [4.78, 5) is 30.2. The molecule has 0 aliphatic carbocycles. The maximum Gasteiger partial charge on any atom is 0.225 e. The lowest BCUT2D eigenvalue weighted by atomic mass is 9.87. The molecule has 0 N–H and O–H groups in total. The van der Waals surface area contributed by atoms with Crippen LogP contribution in [0.3, 0.4) is 0 Å². The van der Waals surface area contributed by atoms with Gasteiger partial charge in [-0.25, -0.2) is 0 Å². The number of hydrogen-bond acceptors (Lipinski definition) is 4. The molecule has 1 aliphatic heterocycles. The number of ether oxygens (including phenoxy) is 2. The lowest BCUT2D eigenvalue weighted by molar-refractivity contribution is -0.145. The average molecular weight is 441 g/mol. The van der Waals surface area contributed by atoms with Crippen molar-refractivity contribution in [3.05, 3.63) is 0 Å². The van der Waals surface area contributed by atoms with Crippen LogP contribution < -0.4 is 0 Å². The summed E-state index contributed by atoms with van der Waals surface area (Å²) in [6.07, 6.45) is 4.39. The van der Waals surface area contributed by atoms with Crippen LogP contribution in [0.15, 0.2) is 0 Å². The molecule has 6 heteroatoms. The molecule has 1 saturated heterocycles. The third-order valence-corrected chi connectivity index (χ3v) is 6.94. The summed E-state index contributed by atoms with van der Waals surface area (Å²) >= 11 is 0. The Balaban J connectivity index is 3.07. The van der Waals surface area contributed by atoms with Crippen LogP contribution in [-0.2, 0) is 19.1 Å². The standard InChI is InChI=1S/C25H48N2O4/c1-10-19(11-2)24(26(7)22(28)15-17(3)4)21(30-8)16-23(29)27-14-12-13-20(27)25(31-9)18(5)6/h17-21,24-25H,10-16H2,1-9H3/t20-,21+,24-,25+/m0/s1. The summed E-state index contributed by atoms with van der Waals surface area (Å²) in [6, 6.07) is 0.00137. The fourth-order valence-corrected chi connectivity index (χ4v) is 5.25. The molecule has 0 unspecified atom stereocenters. The first-order valence-corrected chi connectivity index (χ1v) is 12.2. The van der Waals surface area contributed by atoms with Gasteiger partial charge in [-0.1, -0.05) is 54.4 Å². The van der Waals surface area contributed by atoms with Gasteiger partial charge in [0.15, 0.2) is 0 Å². The Kier molecular flexibility index (Phi) is 12.1. The first-order chi connectivity index (χ1) is 14.6. The van der Waals surface area contributed by atoms with Crippen molar-refractivity contribution in [2.45, 2.75) is 104 Å². The molecule has 0 spiro atoms. The molecule has 1 aliphatic rings. The molecule has 31 heavy (non-hydrogen) atoms. The molecule has 182 valence electrons. The normalized spacial score (nSPS) is 19.9. The highest BCUT2D eigenvalue weighted by Gasteiger charge is 2.40. The summed E-state index contributed by atoms with van der Waals surface area (Å²) in [6.45, 7) is 13.5. The topological polar surface area (TPSA) is 59.1 Å². The van der Waals surface area contributed by atoms with E-state index in [4.69, 9.17) is 9.47 Å². The van der Waals surface area contributed by atoms with Gasteiger partial charge in [-0.05, 0) is 30.6 Å². The van der Waals surface area contributed by atoms with Crippen molar-refractivity contribution in [2.24, 2.45) is 17.8 Å². The van der Waals surface area contributed by atoms with Crippen LogP contribution in [0.25, 0.3) is 0 Å². The van der Waals surface area contributed by atoms with Gasteiger partial charge < -0.3 is 19.3 Å². The minimum atomic E-state index is -0.320. The highest BCUT2D eigenvalue weighted by Crippen LogP contribution is 2.29. The van der Waals surface area contributed by atoms with E-state index in [0.717, 1.165) is 32.2 Å². The van der Waals surface area contributed by atoms with E-state index in [-0.39, 0.29) is 42.0 Å². The van der Waals surface area contributed by atoms with Crippen molar-refractivity contribution in [3.63, 3.8) is 0 Å². The third-order valence-electron chi connectivity index (χ3n) is 6.94. The van der Waals surface area contributed by atoms with E-state index < -0.39 is 0 Å². The van der Waals surface area contributed by atoms with Crippen molar-refractivity contribution in [3.8, 4) is 0 Å². The van der Waals surface area contributed by atoms with E-state index in [1.807, 2.05) is 16.8 Å². The molecule has 0 radical (unpaired) electrons. The monoisotopic (exact) mass is 440 g/mol.